The second-order valence-corrected chi connectivity index (χ2v) is 4.64. The second kappa shape index (κ2) is 6.33. The maximum absolute atomic E-state index is 11.8. The molecule has 0 aliphatic carbocycles. The topological polar surface area (TPSA) is 78.6 Å². The minimum atomic E-state index is -0.584. The highest BCUT2D eigenvalue weighted by Crippen LogP contribution is 2.13. The van der Waals surface area contributed by atoms with Gasteiger partial charge in [0, 0.05) is 16.9 Å². The third-order valence-electron chi connectivity index (χ3n) is 2.33. The molecule has 0 fully saturated rings. The minimum absolute atomic E-state index is 0.0580. The van der Waals surface area contributed by atoms with Crippen molar-refractivity contribution < 1.29 is 23.5 Å². The van der Waals surface area contributed by atoms with Crippen LogP contribution >= 0.6 is 15.9 Å². The molecule has 0 aliphatic heterocycles. The number of pyridine rings is 1. The Balaban J connectivity index is 1.97. The number of furan rings is 1. The van der Waals surface area contributed by atoms with Crippen molar-refractivity contribution in [1.82, 2.24) is 4.98 Å². The molecule has 0 radical (unpaired) electrons. The van der Waals surface area contributed by atoms with E-state index >= 15 is 0 Å². The normalized spacial score (nSPS) is 10.1. The fourth-order valence-electron chi connectivity index (χ4n) is 1.41. The molecule has 0 saturated heterocycles. The SMILES string of the molecule is COC(=O)c1ccc(COC(=O)c2cncc(Br)c2)o1. The zero-order valence-corrected chi connectivity index (χ0v) is 12.0. The van der Waals surface area contributed by atoms with Gasteiger partial charge in [-0.25, -0.2) is 9.59 Å². The smallest absolute Gasteiger partial charge is 0.373 e. The van der Waals surface area contributed by atoms with Gasteiger partial charge in [0.15, 0.2) is 0 Å². The number of halogens is 1. The van der Waals surface area contributed by atoms with Crippen LogP contribution in [0.2, 0.25) is 0 Å². The van der Waals surface area contributed by atoms with E-state index in [1.807, 2.05) is 0 Å². The van der Waals surface area contributed by atoms with Crippen LogP contribution in [0, 0.1) is 0 Å². The summed E-state index contributed by atoms with van der Waals surface area (Å²) in [5, 5.41) is 0. The van der Waals surface area contributed by atoms with Crippen molar-refractivity contribution in [1.29, 1.82) is 0 Å². The molecular weight excluding hydrogens is 330 g/mol. The fraction of sp³-hybridized carbons (Fsp3) is 0.154. The highest BCUT2D eigenvalue weighted by Gasteiger charge is 2.13. The van der Waals surface area contributed by atoms with E-state index in [2.05, 4.69) is 25.7 Å². The summed E-state index contributed by atoms with van der Waals surface area (Å²) in [7, 11) is 1.25. The van der Waals surface area contributed by atoms with E-state index in [0.717, 1.165) is 0 Å². The molecule has 6 nitrogen and oxygen atoms in total. The van der Waals surface area contributed by atoms with E-state index in [-0.39, 0.29) is 12.4 Å². The molecule has 2 heterocycles. The first kappa shape index (κ1) is 14.3. The average Bonchev–Trinajstić information content (AvgIpc) is 2.92. The fourth-order valence-corrected chi connectivity index (χ4v) is 1.77. The summed E-state index contributed by atoms with van der Waals surface area (Å²) in [5.74, 6) is -0.710. The van der Waals surface area contributed by atoms with E-state index in [4.69, 9.17) is 9.15 Å². The van der Waals surface area contributed by atoms with Gasteiger partial charge in [0.05, 0.1) is 12.7 Å². The molecule has 0 atom stereocenters. The zero-order chi connectivity index (χ0) is 14.5. The van der Waals surface area contributed by atoms with Gasteiger partial charge in [0.2, 0.25) is 5.76 Å². The monoisotopic (exact) mass is 339 g/mol. The first-order chi connectivity index (χ1) is 9.60. The standard InChI is InChI=1S/C13H10BrNO5/c1-18-13(17)11-3-2-10(20-11)7-19-12(16)8-4-9(14)6-15-5-8/h2-6H,7H2,1H3. The predicted molar refractivity (Wildman–Crippen MR) is 71.1 cm³/mol. The van der Waals surface area contributed by atoms with Crippen LogP contribution in [0.1, 0.15) is 26.7 Å². The number of esters is 2. The summed E-state index contributed by atoms with van der Waals surface area (Å²) in [6.45, 7) is -0.0810. The summed E-state index contributed by atoms with van der Waals surface area (Å²) in [4.78, 5) is 26.8. The number of methoxy groups -OCH3 is 1. The van der Waals surface area contributed by atoms with E-state index in [1.165, 1.54) is 19.4 Å². The average molecular weight is 340 g/mol. The molecule has 2 aromatic heterocycles. The van der Waals surface area contributed by atoms with E-state index < -0.39 is 11.9 Å². The number of hydrogen-bond acceptors (Lipinski definition) is 6. The van der Waals surface area contributed by atoms with Gasteiger partial charge in [-0.15, -0.1) is 0 Å². The largest absolute Gasteiger partial charge is 0.463 e. The quantitative estimate of drug-likeness (QED) is 0.796. The van der Waals surface area contributed by atoms with Crippen molar-refractivity contribution in [3.05, 3.63) is 52.1 Å². The van der Waals surface area contributed by atoms with Crippen molar-refractivity contribution in [2.45, 2.75) is 6.61 Å². The number of carbonyl (C=O) groups is 2. The van der Waals surface area contributed by atoms with Crippen LogP contribution < -0.4 is 0 Å². The lowest BCUT2D eigenvalue weighted by Crippen LogP contribution is -2.05. The van der Waals surface area contributed by atoms with Gasteiger partial charge in [0.25, 0.3) is 0 Å². The van der Waals surface area contributed by atoms with Crippen LogP contribution in [0.25, 0.3) is 0 Å². The molecule has 2 aromatic rings. The molecule has 0 unspecified atom stereocenters. The zero-order valence-electron chi connectivity index (χ0n) is 10.5. The molecule has 0 aliphatic rings. The number of carbonyl (C=O) groups excluding carboxylic acids is 2. The van der Waals surface area contributed by atoms with Crippen LogP contribution in [-0.2, 0) is 16.1 Å². The van der Waals surface area contributed by atoms with Crippen molar-refractivity contribution in [3.8, 4) is 0 Å². The number of nitrogens with zero attached hydrogens (tertiary/aromatic N) is 1. The molecule has 20 heavy (non-hydrogen) atoms. The van der Waals surface area contributed by atoms with Gasteiger partial charge in [0.1, 0.15) is 12.4 Å². The molecule has 0 bridgehead atoms. The molecule has 0 N–H and O–H groups in total. The van der Waals surface area contributed by atoms with Gasteiger partial charge in [-0.3, -0.25) is 4.98 Å². The predicted octanol–water partition coefficient (Wildman–Crippen LogP) is 2.58. The van der Waals surface area contributed by atoms with Gasteiger partial charge < -0.3 is 13.9 Å². The molecule has 7 heteroatoms. The van der Waals surface area contributed by atoms with Gasteiger partial charge >= 0.3 is 11.9 Å². The molecule has 0 aromatic carbocycles. The molecule has 0 spiro atoms. The van der Waals surface area contributed by atoms with Gasteiger partial charge in [-0.05, 0) is 34.1 Å². The highest BCUT2D eigenvalue weighted by molar-refractivity contribution is 9.10. The Morgan fingerprint density at radius 3 is 2.80 bits per heavy atom. The van der Waals surface area contributed by atoms with Crippen LogP contribution in [0.15, 0.2) is 39.5 Å². The number of ether oxygens (including phenoxy) is 2. The van der Waals surface area contributed by atoms with E-state index in [1.54, 1.807) is 18.3 Å². The molecular formula is C13H10BrNO5. The first-order valence-electron chi connectivity index (χ1n) is 5.55. The molecule has 104 valence electrons. The summed E-state index contributed by atoms with van der Waals surface area (Å²) < 4.78 is 15.4. The van der Waals surface area contributed by atoms with Crippen LogP contribution in [-0.4, -0.2) is 24.0 Å². The number of aromatic nitrogens is 1. The third kappa shape index (κ3) is 3.45. The first-order valence-corrected chi connectivity index (χ1v) is 6.34. The Morgan fingerprint density at radius 2 is 2.10 bits per heavy atom. The summed E-state index contributed by atoms with van der Waals surface area (Å²) in [6.07, 6.45) is 2.96. The van der Waals surface area contributed by atoms with Gasteiger partial charge in [-0.1, -0.05) is 0 Å². The van der Waals surface area contributed by atoms with Crippen LogP contribution in [0.3, 0.4) is 0 Å². The Kier molecular flexibility index (Phi) is 4.52. The van der Waals surface area contributed by atoms with Crippen LogP contribution in [0.5, 0.6) is 0 Å². The number of hydrogen-bond donors (Lipinski definition) is 0. The van der Waals surface area contributed by atoms with Crippen molar-refractivity contribution in [2.24, 2.45) is 0 Å². The lowest BCUT2D eigenvalue weighted by molar-refractivity contribution is 0.0438. The molecule has 2 rings (SSSR count). The van der Waals surface area contributed by atoms with Crippen molar-refractivity contribution in [3.63, 3.8) is 0 Å². The Labute approximate surface area is 122 Å². The molecule has 0 amide bonds. The van der Waals surface area contributed by atoms with Gasteiger partial charge in [-0.2, -0.15) is 0 Å². The summed E-state index contributed by atoms with van der Waals surface area (Å²) in [5.41, 5.74) is 0.319. The minimum Gasteiger partial charge on any atom is -0.463 e. The van der Waals surface area contributed by atoms with E-state index in [0.29, 0.717) is 15.8 Å². The second-order valence-electron chi connectivity index (χ2n) is 3.73. The Bertz CT molecular complexity index is 637. The highest BCUT2D eigenvalue weighted by atomic mass is 79.9. The maximum atomic E-state index is 11.8. The summed E-state index contributed by atoms with van der Waals surface area (Å²) >= 11 is 3.21. The van der Waals surface area contributed by atoms with Crippen molar-refractivity contribution in [2.75, 3.05) is 7.11 Å². The maximum Gasteiger partial charge on any atom is 0.373 e. The van der Waals surface area contributed by atoms with Crippen molar-refractivity contribution >= 4 is 27.9 Å². The molecule has 0 saturated carbocycles. The number of rotatable bonds is 4. The lowest BCUT2D eigenvalue weighted by Gasteiger charge is -2.02. The van der Waals surface area contributed by atoms with Crippen LogP contribution in [0.4, 0.5) is 0 Å². The lowest BCUT2D eigenvalue weighted by atomic mass is 10.3. The summed E-state index contributed by atoms with van der Waals surface area (Å²) in [6, 6.07) is 4.59. The Hall–Kier alpha value is -2.15. The van der Waals surface area contributed by atoms with E-state index in [9.17, 15) is 9.59 Å². The third-order valence-corrected chi connectivity index (χ3v) is 2.77. The Morgan fingerprint density at radius 1 is 1.30 bits per heavy atom.